The van der Waals surface area contributed by atoms with Crippen LogP contribution in [0, 0.1) is 27.4 Å². The van der Waals surface area contributed by atoms with E-state index in [2.05, 4.69) is 4.98 Å². The highest BCUT2D eigenvalue weighted by Gasteiger charge is 2.28. The van der Waals surface area contributed by atoms with Gasteiger partial charge >= 0.3 is 5.69 Å². The van der Waals surface area contributed by atoms with Crippen LogP contribution in [0.4, 0.5) is 5.69 Å². The largest absolute Gasteiger partial charge is 0.474 e. The summed E-state index contributed by atoms with van der Waals surface area (Å²) >= 11 is 0. The Labute approximate surface area is 110 Å². The van der Waals surface area contributed by atoms with Gasteiger partial charge in [0, 0.05) is 18.1 Å². The lowest BCUT2D eigenvalue weighted by Gasteiger charge is -2.18. The van der Waals surface area contributed by atoms with Crippen LogP contribution in [0.1, 0.15) is 25.0 Å². The molecule has 2 atom stereocenters. The van der Waals surface area contributed by atoms with Gasteiger partial charge in [-0.1, -0.05) is 0 Å². The minimum Gasteiger partial charge on any atom is -0.474 e. The lowest BCUT2D eigenvalue weighted by Crippen LogP contribution is -2.28. The Balaban J connectivity index is 2.18. The Hall–Kier alpha value is -2.20. The molecule has 0 aromatic carbocycles. The normalized spacial score (nSPS) is 21.9. The third-order valence-corrected chi connectivity index (χ3v) is 3.32. The zero-order valence-corrected chi connectivity index (χ0v) is 10.3. The van der Waals surface area contributed by atoms with E-state index >= 15 is 0 Å². The molecule has 0 aliphatic heterocycles. The molecule has 1 aromatic rings. The van der Waals surface area contributed by atoms with Gasteiger partial charge in [-0.05, 0) is 25.8 Å². The summed E-state index contributed by atoms with van der Waals surface area (Å²) in [6.07, 6.45) is 2.93. The number of nitro groups is 1. The van der Waals surface area contributed by atoms with Crippen LogP contribution in [-0.2, 0) is 0 Å². The number of aromatic nitrogens is 1. The van der Waals surface area contributed by atoms with Crippen molar-refractivity contribution >= 4 is 5.69 Å². The van der Waals surface area contributed by atoms with Crippen LogP contribution in [0.2, 0.25) is 0 Å². The monoisotopic (exact) mass is 262 g/mol. The summed E-state index contributed by atoms with van der Waals surface area (Å²) in [7, 11) is 0. The molecule has 1 aliphatic carbocycles. The summed E-state index contributed by atoms with van der Waals surface area (Å²) in [6.45, 7) is 0.544. The second kappa shape index (κ2) is 5.63. The maximum atomic E-state index is 10.7. The van der Waals surface area contributed by atoms with Crippen LogP contribution < -0.4 is 10.5 Å². The van der Waals surface area contributed by atoms with Crippen LogP contribution in [0.15, 0.2) is 12.1 Å². The molecule has 1 fully saturated rings. The third kappa shape index (κ3) is 2.80. The Morgan fingerprint density at radius 3 is 3.00 bits per heavy atom. The molecular formula is C12H14N4O3. The molecule has 2 unspecified atom stereocenters. The van der Waals surface area contributed by atoms with Gasteiger partial charge in [0.1, 0.15) is 12.2 Å². The highest BCUT2D eigenvalue weighted by Crippen LogP contribution is 2.29. The molecule has 1 aliphatic rings. The number of hydrogen-bond acceptors (Lipinski definition) is 6. The van der Waals surface area contributed by atoms with Gasteiger partial charge in [0.2, 0.25) is 11.6 Å². The van der Waals surface area contributed by atoms with Gasteiger partial charge in [-0.15, -0.1) is 0 Å². The molecule has 0 spiro atoms. The molecule has 2 rings (SSSR count). The Morgan fingerprint density at radius 1 is 1.58 bits per heavy atom. The summed E-state index contributed by atoms with van der Waals surface area (Å²) in [5.74, 6) is 0.523. The number of nitriles is 1. The van der Waals surface area contributed by atoms with Gasteiger partial charge in [-0.3, -0.25) is 10.1 Å². The molecule has 2 N–H and O–H groups in total. The zero-order chi connectivity index (χ0) is 13.8. The van der Waals surface area contributed by atoms with Crippen molar-refractivity contribution in [2.24, 2.45) is 11.7 Å². The van der Waals surface area contributed by atoms with E-state index < -0.39 is 4.92 Å². The average Bonchev–Trinajstić information content (AvgIpc) is 2.85. The average molecular weight is 262 g/mol. The number of rotatable bonds is 4. The van der Waals surface area contributed by atoms with Gasteiger partial charge in [-0.25, -0.2) is 0 Å². The number of pyridine rings is 1. The maximum absolute atomic E-state index is 10.7. The lowest BCUT2D eigenvalue weighted by molar-refractivity contribution is -0.385. The minimum atomic E-state index is -0.631. The Kier molecular flexibility index (Phi) is 3.92. The first-order valence-corrected chi connectivity index (χ1v) is 6.08. The van der Waals surface area contributed by atoms with E-state index in [1.54, 1.807) is 6.07 Å². The second-order valence-corrected chi connectivity index (χ2v) is 4.47. The van der Waals surface area contributed by atoms with E-state index in [4.69, 9.17) is 15.7 Å². The lowest BCUT2D eigenvalue weighted by atomic mass is 10.1. The second-order valence-electron chi connectivity index (χ2n) is 4.47. The maximum Gasteiger partial charge on any atom is 0.305 e. The fourth-order valence-electron chi connectivity index (χ4n) is 2.31. The quantitative estimate of drug-likeness (QED) is 0.647. The van der Waals surface area contributed by atoms with Crippen LogP contribution in [0.3, 0.4) is 0 Å². The molecule has 0 bridgehead atoms. The van der Waals surface area contributed by atoms with E-state index in [0.29, 0.717) is 6.54 Å². The molecule has 0 saturated heterocycles. The molecule has 19 heavy (non-hydrogen) atoms. The number of nitrogens with zero attached hydrogens (tertiary/aromatic N) is 3. The van der Waals surface area contributed by atoms with Crippen LogP contribution >= 0.6 is 0 Å². The Morgan fingerprint density at radius 2 is 2.37 bits per heavy atom. The van der Waals surface area contributed by atoms with Gasteiger partial charge in [0.15, 0.2) is 0 Å². The van der Waals surface area contributed by atoms with Crippen molar-refractivity contribution < 1.29 is 9.66 Å². The number of ether oxygens (including phenoxy) is 1. The van der Waals surface area contributed by atoms with Crippen molar-refractivity contribution in [3.8, 4) is 11.9 Å². The number of hydrogen-bond donors (Lipinski definition) is 1. The van der Waals surface area contributed by atoms with Gasteiger partial charge in [0.05, 0.1) is 4.92 Å². The van der Waals surface area contributed by atoms with Gasteiger partial charge in [-0.2, -0.15) is 10.2 Å². The molecule has 1 saturated carbocycles. The summed E-state index contributed by atoms with van der Waals surface area (Å²) in [6, 6.07) is 4.37. The number of nitrogens with two attached hydrogens (primary N) is 1. The minimum absolute atomic E-state index is 0.0227. The van der Waals surface area contributed by atoms with E-state index in [0.717, 1.165) is 19.3 Å². The molecule has 100 valence electrons. The highest BCUT2D eigenvalue weighted by molar-refractivity contribution is 5.45. The Bertz CT molecular complexity index is 526. The van der Waals surface area contributed by atoms with E-state index in [9.17, 15) is 10.1 Å². The van der Waals surface area contributed by atoms with Crippen LogP contribution in [0.5, 0.6) is 5.88 Å². The molecule has 7 heteroatoms. The van der Waals surface area contributed by atoms with Gasteiger partial charge < -0.3 is 10.5 Å². The molecule has 0 radical (unpaired) electrons. The van der Waals surface area contributed by atoms with Crippen molar-refractivity contribution in [2.45, 2.75) is 25.4 Å². The smallest absolute Gasteiger partial charge is 0.305 e. The first-order valence-electron chi connectivity index (χ1n) is 6.08. The van der Waals surface area contributed by atoms with E-state index in [1.807, 2.05) is 0 Å². The fourth-order valence-corrected chi connectivity index (χ4v) is 2.31. The SMILES string of the molecule is N#Cc1nc(OC2CCCC2CN)ccc1[N+](=O)[O-]. The van der Waals surface area contributed by atoms with Crippen molar-refractivity contribution in [1.82, 2.24) is 4.98 Å². The predicted octanol–water partition coefficient (Wildman–Crippen LogP) is 1.37. The fraction of sp³-hybridized carbons (Fsp3) is 0.500. The topological polar surface area (TPSA) is 115 Å². The summed E-state index contributed by atoms with van der Waals surface area (Å²) in [5.41, 5.74) is 5.12. The summed E-state index contributed by atoms with van der Waals surface area (Å²) in [5, 5.41) is 19.6. The summed E-state index contributed by atoms with van der Waals surface area (Å²) in [4.78, 5) is 13.9. The standard InChI is InChI=1S/C12H14N4O3/c13-6-8-2-1-3-11(8)19-12-5-4-10(16(17)18)9(7-14)15-12/h4-5,8,11H,1-3,6,13H2. The van der Waals surface area contributed by atoms with E-state index in [1.165, 1.54) is 12.1 Å². The first-order chi connectivity index (χ1) is 9.15. The van der Waals surface area contributed by atoms with Crippen molar-refractivity contribution in [3.05, 3.63) is 27.9 Å². The molecule has 0 amide bonds. The zero-order valence-electron chi connectivity index (χ0n) is 10.3. The van der Waals surface area contributed by atoms with Crippen LogP contribution in [-0.4, -0.2) is 22.6 Å². The molecule has 1 aromatic heterocycles. The van der Waals surface area contributed by atoms with Crippen LogP contribution in [0.25, 0.3) is 0 Å². The third-order valence-electron chi connectivity index (χ3n) is 3.32. The predicted molar refractivity (Wildman–Crippen MR) is 66.4 cm³/mol. The molecule has 7 nitrogen and oxygen atoms in total. The molecule has 1 heterocycles. The van der Waals surface area contributed by atoms with Crippen molar-refractivity contribution in [1.29, 1.82) is 5.26 Å². The van der Waals surface area contributed by atoms with Crippen molar-refractivity contribution in [3.63, 3.8) is 0 Å². The van der Waals surface area contributed by atoms with E-state index in [-0.39, 0.29) is 29.3 Å². The highest BCUT2D eigenvalue weighted by atomic mass is 16.6. The van der Waals surface area contributed by atoms with Crippen molar-refractivity contribution in [2.75, 3.05) is 6.54 Å². The molecular weight excluding hydrogens is 248 g/mol. The van der Waals surface area contributed by atoms with Gasteiger partial charge in [0.25, 0.3) is 0 Å². The first kappa shape index (κ1) is 13.2. The summed E-state index contributed by atoms with van der Waals surface area (Å²) < 4.78 is 5.69.